The van der Waals surface area contributed by atoms with E-state index in [0.717, 1.165) is 24.2 Å². The highest BCUT2D eigenvalue weighted by atomic mass is 35.5. The standard InChI is InChI=1S/C17H17N3O.ClH/c21-17-14-11-18-15-10-6-2-5-9-13(15)16(14)19-20(17)12-7-3-1-4-8-12;/h1,3-4,7-8,11,18H,2,5-6,9-10H2;1H. The fourth-order valence-corrected chi connectivity index (χ4v) is 3.17. The average Bonchev–Trinajstić information content (AvgIpc) is 2.72. The molecule has 5 heteroatoms. The molecule has 0 spiro atoms. The predicted octanol–water partition coefficient (Wildman–Crippen LogP) is 3.36. The minimum atomic E-state index is -0.0421. The summed E-state index contributed by atoms with van der Waals surface area (Å²) in [6.45, 7) is 0. The number of aromatic nitrogens is 3. The Morgan fingerprint density at radius 2 is 1.82 bits per heavy atom. The Morgan fingerprint density at radius 1 is 1.05 bits per heavy atom. The van der Waals surface area contributed by atoms with E-state index in [2.05, 4.69) is 10.1 Å². The van der Waals surface area contributed by atoms with Gasteiger partial charge in [-0.25, -0.2) is 0 Å². The van der Waals surface area contributed by atoms with Crippen LogP contribution < -0.4 is 5.56 Å². The van der Waals surface area contributed by atoms with Crippen LogP contribution in [0.5, 0.6) is 0 Å². The lowest BCUT2D eigenvalue weighted by Crippen LogP contribution is -2.14. The number of fused-ring (bicyclic) bond motifs is 3. The molecule has 0 unspecified atom stereocenters. The van der Waals surface area contributed by atoms with Gasteiger partial charge in [-0.3, -0.25) is 4.79 Å². The molecule has 0 aromatic heterocycles. The third kappa shape index (κ3) is 2.33. The van der Waals surface area contributed by atoms with Crippen LogP contribution in [-0.2, 0) is 12.8 Å². The summed E-state index contributed by atoms with van der Waals surface area (Å²) in [6.07, 6.45) is 7.51. The largest absolute Gasteiger partial charge is 0.364 e. The molecule has 0 saturated heterocycles. The summed E-state index contributed by atoms with van der Waals surface area (Å²) in [5.74, 6) is 0. The smallest absolute Gasteiger partial charge is 0.282 e. The van der Waals surface area contributed by atoms with E-state index >= 15 is 0 Å². The van der Waals surface area contributed by atoms with Crippen molar-refractivity contribution < 1.29 is 0 Å². The molecule has 4 nitrogen and oxygen atoms in total. The first kappa shape index (κ1) is 14.9. The summed E-state index contributed by atoms with van der Waals surface area (Å²) in [5, 5.41) is 4.62. The molecule has 0 bridgehead atoms. The Hall–Kier alpha value is -2.07. The van der Waals surface area contributed by atoms with E-state index in [0.29, 0.717) is 5.56 Å². The summed E-state index contributed by atoms with van der Waals surface area (Å²) in [4.78, 5) is 15.9. The number of benzene rings is 1. The second-order valence-corrected chi connectivity index (χ2v) is 5.62. The molecule has 1 aromatic carbocycles. The number of hydrogen-bond donors (Lipinski definition) is 1. The summed E-state index contributed by atoms with van der Waals surface area (Å²) < 4.78 is 1.52. The molecule has 2 aliphatic heterocycles. The maximum atomic E-state index is 12.6. The van der Waals surface area contributed by atoms with E-state index in [4.69, 9.17) is 0 Å². The monoisotopic (exact) mass is 315 g/mol. The van der Waals surface area contributed by atoms with Crippen LogP contribution >= 0.6 is 12.4 Å². The van der Waals surface area contributed by atoms with Crippen LogP contribution in [0, 0.1) is 0 Å². The van der Waals surface area contributed by atoms with E-state index in [1.165, 1.54) is 35.2 Å². The Labute approximate surface area is 134 Å². The first-order valence-corrected chi connectivity index (χ1v) is 7.52. The molecule has 4 rings (SSSR count). The molecule has 1 N–H and O–H groups in total. The lowest BCUT2D eigenvalue weighted by Gasteiger charge is -2.08. The van der Waals surface area contributed by atoms with Gasteiger partial charge in [0.15, 0.2) is 0 Å². The molecule has 0 atom stereocenters. The molecule has 114 valence electrons. The van der Waals surface area contributed by atoms with Crippen molar-refractivity contribution >= 4 is 12.4 Å². The highest BCUT2D eigenvalue weighted by Gasteiger charge is 2.22. The van der Waals surface area contributed by atoms with Gasteiger partial charge in [0.1, 0.15) is 5.69 Å². The number of aromatic amines is 1. The zero-order chi connectivity index (χ0) is 14.2. The molecule has 22 heavy (non-hydrogen) atoms. The van der Waals surface area contributed by atoms with Crippen molar-refractivity contribution in [2.75, 3.05) is 0 Å². The first-order valence-electron chi connectivity index (χ1n) is 7.52. The van der Waals surface area contributed by atoms with Gasteiger partial charge < -0.3 is 4.98 Å². The van der Waals surface area contributed by atoms with Gasteiger partial charge in [0.2, 0.25) is 0 Å². The van der Waals surface area contributed by atoms with Crippen molar-refractivity contribution in [2.45, 2.75) is 32.1 Å². The Balaban J connectivity index is 0.00000144. The number of aryl methyl sites for hydroxylation is 1. The zero-order valence-electron chi connectivity index (χ0n) is 12.2. The Bertz CT molecular complexity index is 807. The van der Waals surface area contributed by atoms with Crippen LogP contribution in [0.15, 0.2) is 41.3 Å². The van der Waals surface area contributed by atoms with Gasteiger partial charge in [-0.05, 0) is 43.4 Å². The van der Waals surface area contributed by atoms with E-state index in [-0.39, 0.29) is 18.0 Å². The molecule has 1 aliphatic carbocycles. The van der Waals surface area contributed by atoms with Crippen LogP contribution in [0.4, 0.5) is 0 Å². The van der Waals surface area contributed by atoms with E-state index in [1.54, 1.807) is 0 Å². The van der Waals surface area contributed by atoms with Crippen LogP contribution in [-0.4, -0.2) is 14.8 Å². The molecule has 0 radical (unpaired) electrons. The molecule has 3 aliphatic rings. The number of hydrogen-bond acceptors (Lipinski definition) is 2. The lowest BCUT2D eigenvalue weighted by atomic mass is 10.0. The summed E-state index contributed by atoms with van der Waals surface area (Å²) in [7, 11) is 0. The molecule has 2 heterocycles. The molecule has 0 saturated carbocycles. The predicted molar refractivity (Wildman–Crippen MR) is 89.3 cm³/mol. The topological polar surface area (TPSA) is 50.7 Å². The summed E-state index contributed by atoms with van der Waals surface area (Å²) in [6, 6.07) is 9.61. The summed E-state index contributed by atoms with van der Waals surface area (Å²) in [5.41, 5.74) is 4.83. The second kappa shape index (κ2) is 5.97. The minimum Gasteiger partial charge on any atom is -0.364 e. The van der Waals surface area contributed by atoms with Crippen molar-refractivity contribution in [2.24, 2.45) is 0 Å². The molecular weight excluding hydrogens is 298 g/mol. The normalized spacial score (nSPS) is 14.2. The number of para-hydroxylation sites is 1. The second-order valence-electron chi connectivity index (χ2n) is 5.62. The van der Waals surface area contributed by atoms with Crippen molar-refractivity contribution in [1.82, 2.24) is 14.8 Å². The molecule has 1 aromatic rings. The molecule has 0 fully saturated rings. The van der Waals surface area contributed by atoms with Crippen LogP contribution in [0.3, 0.4) is 0 Å². The van der Waals surface area contributed by atoms with Gasteiger partial charge in [-0.2, -0.15) is 9.78 Å². The van der Waals surface area contributed by atoms with Gasteiger partial charge in [0.25, 0.3) is 5.56 Å². The van der Waals surface area contributed by atoms with Crippen molar-refractivity contribution in [3.05, 3.63) is 58.1 Å². The van der Waals surface area contributed by atoms with Crippen molar-refractivity contribution in [3.63, 3.8) is 0 Å². The number of pyridine rings is 1. The van der Waals surface area contributed by atoms with Crippen LogP contribution in [0.2, 0.25) is 0 Å². The van der Waals surface area contributed by atoms with Gasteiger partial charge in [0, 0.05) is 11.9 Å². The van der Waals surface area contributed by atoms with Crippen molar-refractivity contribution in [3.8, 4) is 16.9 Å². The van der Waals surface area contributed by atoms with Crippen molar-refractivity contribution in [1.29, 1.82) is 0 Å². The Kier molecular flexibility index (Phi) is 4.03. The van der Waals surface area contributed by atoms with E-state index < -0.39 is 0 Å². The van der Waals surface area contributed by atoms with E-state index in [9.17, 15) is 4.79 Å². The number of rotatable bonds is 1. The third-order valence-corrected chi connectivity index (χ3v) is 4.27. The highest BCUT2D eigenvalue weighted by molar-refractivity contribution is 5.85. The first-order chi connectivity index (χ1) is 10.3. The SMILES string of the molecule is Cl.O=c1c2c[nH]c3c(c-2nn1-c1ccccc1)CCCCC3. The maximum Gasteiger partial charge on any atom is 0.282 e. The zero-order valence-corrected chi connectivity index (χ0v) is 13.0. The van der Waals surface area contributed by atoms with Gasteiger partial charge in [-0.15, -0.1) is 12.4 Å². The summed E-state index contributed by atoms with van der Waals surface area (Å²) >= 11 is 0. The highest BCUT2D eigenvalue weighted by Crippen LogP contribution is 2.28. The van der Waals surface area contributed by atoms with Gasteiger partial charge >= 0.3 is 0 Å². The molecular formula is C17H18ClN3O. The van der Waals surface area contributed by atoms with Gasteiger partial charge in [0.05, 0.1) is 11.3 Å². The fraction of sp³-hybridized carbons (Fsp3) is 0.294. The Morgan fingerprint density at radius 3 is 2.64 bits per heavy atom. The third-order valence-electron chi connectivity index (χ3n) is 4.27. The quantitative estimate of drug-likeness (QED) is 0.700. The fourth-order valence-electron chi connectivity index (χ4n) is 3.17. The average molecular weight is 316 g/mol. The number of halogens is 1. The minimum absolute atomic E-state index is 0. The number of H-pyrrole nitrogens is 1. The molecule has 0 amide bonds. The number of nitrogens with one attached hydrogen (secondary N) is 1. The van der Waals surface area contributed by atoms with Gasteiger partial charge in [-0.1, -0.05) is 24.6 Å². The number of nitrogens with zero attached hydrogens (tertiary/aromatic N) is 2. The van der Waals surface area contributed by atoms with E-state index in [1.807, 2.05) is 36.5 Å². The van der Waals surface area contributed by atoms with Crippen LogP contribution in [0.25, 0.3) is 16.9 Å². The van der Waals surface area contributed by atoms with Crippen LogP contribution in [0.1, 0.15) is 30.5 Å². The maximum absolute atomic E-state index is 12.6. The lowest BCUT2D eigenvalue weighted by molar-refractivity contribution is 0.708.